The maximum atomic E-state index is 11.6. The first-order valence-electron chi connectivity index (χ1n) is 4.72. The van der Waals surface area contributed by atoms with E-state index in [1.165, 1.54) is 0 Å². The lowest BCUT2D eigenvalue weighted by Gasteiger charge is -2.34. The molecular weight excluding hydrogens is 166 g/mol. The van der Waals surface area contributed by atoms with Crippen molar-refractivity contribution in [3.63, 3.8) is 0 Å². The van der Waals surface area contributed by atoms with Gasteiger partial charge in [0.25, 0.3) is 0 Å². The summed E-state index contributed by atoms with van der Waals surface area (Å²) in [7, 11) is 1.78. The maximum absolute atomic E-state index is 11.6. The van der Waals surface area contributed by atoms with Crippen LogP contribution >= 0.6 is 0 Å². The molecule has 1 aliphatic rings. The van der Waals surface area contributed by atoms with E-state index >= 15 is 0 Å². The summed E-state index contributed by atoms with van der Waals surface area (Å²) >= 11 is 0. The van der Waals surface area contributed by atoms with Gasteiger partial charge < -0.3 is 16.0 Å². The number of nitrogens with one attached hydrogen (secondary N) is 1. The predicted molar refractivity (Wildman–Crippen MR) is 52.5 cm³/mol. The van der Waals surface area contributed by atoms with Crippen molar-refractivity contribution in [1.29, 1.82) is 0 Å². The molecule has 1 rings (SSSR count). The molecule has 1 aliphatic carbocycles. The van der Waals surface area contributed by atoms with E-state index in [9.17, 15) is 4.79 Å². The molecule has 0 aromatic rings. The second kappa shape index (κ2) is 3.54. The van der Waals surface area contributed by atoms with E-state index in [4.69, 9.17) is 5.73 Å². The number of carbonyl (C=O) groups is 1. The molecule has 1 saturated carbocycles. The number of amides is 2. The number of carbonyl (C=O) groups excluding carboxylic acids is 1. The molecule has 0 atom stereocenters. The average molecular weight is 185 g/mol. The lowest BCUT2D eigenvalue weighted by Crippen LogP contribution is -2.53. The second-order valence-electron chi connectivity index (χ2n) is 4.30. The molecular formula is C9H19N3O. The fourth-order valence-corrected chi connectivity index (χ4v) is 0.911. The molecule has 0 aliphatic heterocycles. The highest BCUT2D eigenvalue weighted by atomic mass is 16.2. The molecule has 1 fully saturated rings. The minimum atomic E-state index is -0.265. The van der Waals surface area contributed by atoms with Crippen molar-refractivity contribution in [2.45, 2.75) is 38.3 Å². The topological polar surface area (TPSA) is 58.4 Å². The summed E-state index contributed by atoms with van der Waals surface area (Å²) in [4.78, 5) is 13.2. The lowest BCUT2D eigenvalue weighted by molar-refractivity contribution is 0.159. The SMILES string of the molecule is CN(C(=O)NC1CC1)C(C)(C)CN. The first-order chi connectivity index (χ1) is 5.97. The Morgan fingerprint density at radius 1 is 1.62 bits per heavy atom. The Morgan fingerprint density at radius 2 is 2.15 bits per heavy atom. The van der Waals surface area contributed by atoms with Crippen LogP contribution in [-0.2, 0) is 0 Å². The molecule has 4 heteroatoms. The molecule has 76 valence electrons. The van der Waals surface area contributed by atoms with Crippen LogP contribution in [-0.4, -0.2) is 36.1 Å². The standard InChI is InChI=1S/C9H19N3O/c1-9(2,6-10)12(3)8(13)11-7-4-5-7/h7H,4-6,10H2,1-3H3,(H,11,13). The first kappa shape index (κ1) is 10.3. The molecule has 13 heavy (non-hydrogen) atoms. The molecule has 0 bridgehead atoms. The number of urea groups is 1. The van der Waals surface area contributed by atoms with E-state index in [1.54, 1.807) is 11.9 Å². The average Bonchev–Trinajstić information content (AvgIpc) is 2.86. The van der Waals surface area contributed by atoms with Crippen LogP contribution in [0.2, 0.25) is 0 Å². The van der Waals surface area contributed by atoms with E-state index in [2.05, 4.69) is 5.32 Å². The smallest absolute Gasteiger partial charge is 0.317 e. The normalized spacial score (nSPS) is 16.9. The van der Waals surface area contributed by atoms with Crippen molar-refractivity contribution in [2.24, 2.45) is 5.73 Å². The summed E-state index contributed by atoms with van der Waals surface area (Å²) in [6.45, 7) is 4.39. The van der Waals surface area contributed by atoms with Gasteiger partial charge in [0.05, 0.1) is 5.54 Å². The van der Waals surface area contributed by atoms with Crippen LogP contribution < -0.4 is 11.1 Å². The molecule has 0 radical (unpaired) electrons. The minimum absolute atomic E-state index is 0.0158. The van der Waals surface area contributed by atoms with Crippen LogP contribution in [0.3, 0.4) is 0 Å². The van der Waals surface area contributed by atoms with Crippen LogP contribution in [0.4, 0.5) is 4.79 Å². The Hall–Kier alpha value is -0.770. The molecule has 0 saturated heterocycles. The van der Waals surface area contributed by atoms with Crippen LogP contribution in [0.5, 0.6) is 0 Å². The first-order valence-corrected chi connectivity index (χ1v) is 4.72. The molecule has 2 amide bonds. The number of hydrogen-bond donors (Lipinski definition) is 2. The van der Waals surface area contributed by atoms with E-state index in [-0.39, 0.29) is 11.6 Å². The van der Waals surface area contributed by atoms with Gasteiger partial charge in [-0.3, -0.25) is 0 Å². The third kappa shape index (κ3) is 2.59. The van der Waals surface area contributed by atoms with Gasteiger partial charge in [-0.15, -0.1) is 0 Å². The Kier molecular flexibility index (Phi) is 2.81. The summed E-state index contributed by atoms with van der Waals surface area (Å²) < 4.78 is 0. The highest BCUT2D eigenvalue weighted by Gasteiger charge is 2.30. The van der Waals surface area contributed by atoms with Crippen molar-refractivity contribution in [2.75, 3.05) is 13.6 Å². The fourth-order valence-electron chi connectivity index (χ4n) is 0.911. The number of nitrogens with two attached hydrogens (primary N) is 1. The van der Waals surface area contributed by atoms with Crippen LogP contribution in [0, 0.1) is 0 Å². The summed E-state index contributed by atoms with van der Waals surface area (Å²) in [5.74, 6) is 0. The highest BCUT2D eigenvalue weighted by Crippen LogP contribution is 2.20. The van der Waals surface area contributed by atoms with Crippen molar-refractivity contribution >= 4 is 6.03 Å². The van der Waals surface area contributed by atoms with Gasteiger partial charge in [0.15, 0.2) is 0 Å². The van der Waals surface area contributed by atoms with Crippen molar-refractivity contribution in [1.82, 2.24) is 10.2 Å². The Bertz CT molecular complexity index is 199. The van der Waals surface area contributed by atoms with E-state index in [0.717, 1.165) is 12.8 Å². The van der Waals surface area contributed by atoms with Gasteiger partial charge in [-0.1, -0.05) is 0 Å². The Balaban J connectivity index is 2.44. The van der Waals surface area contributed by atoms with Crippen molar-refractivity contribution in [3.05, 3.63) is 0 Å². The lowest BCUT2D eigenvalue weighted by atomic mass is 10.1. The zero-order chi connectivity index (χ0) is 10.1. The van der Waals surface area contributed by atoms with Crippen LogP contribution in [0.25, 0.3) is 0 Å². The minimum Gasteiger partial charge on any atom is -0.335 e. The van der Waals surface area contributed by atoms with Gasteiger partial charge in [0.2, 0.25) is 0 Å². The van der Waals surface area contributed by atoms with Gasteiger partial charge in [0.1, 0.15) is 0 Å². The second-order valence-corrected chi connectivity index (χ2v) is 4.30. The van der Waals surface area contributed by atoms with Crippen molar-refractivity contribution in [3.8, 4) is 0 Å². The van der Waals surface area contributed by atoms with Gasteiger partial charge in [0, 0.05) is 19.6 Å². The zero-order valence-corrected chi connectivity index (χ0v) is 8.63. The van der Waals surface area contributed by atoms with Gasteiger partial charge >= 0.3 is 6.03 Å². The highest BCUT2D eigenvalue weighted by molar-refractivity contribution is 5.75. The van der Waals surface area contributed by atoms with E-state index in [0.29, 0.717) is 12.6 Å². The van der Waals surface area contributed by atoms with Crippen molar-refractivity contribution < 1.29 is 4.79 Å². The summed E-state index contributed by atoms with van der Waals surface area (Å²) in [5.41, 5.74) is 5.30. The Morgan fingerprint density at radius 3 is 2.54 bits per heavy atom. The number of hydrogen-bond acceptors (Lipinski definition) is 2. The number of rotatable bonds is 3. The summed E-state index contributed by atoms with van der Waals surface area (Å²) in [6.07, 6.45) is 2.23. The molecule has 4 nitrogen and oxygen atoms in total. The van der Waals surface area contributed by atoms with Crippen LogP contribution in [0.1, 0.15) is 26.7 Å². The molecule has 0 aromatic carbocycles. The van der Waals surface area contributed by atoms with Gasteiger partial charge in [-0.25, -0.2) is 4.79 Å². The third-order valence-corrected chi connectivity index (χ3v) is 2.62. The summed E-state index contributed by atoms with van der Waals surface area (Å²) in [6, 6.07) is 0.390. The molecule has 3 N–H and O–H groups in total. The monoisotopic (exact) mass is 185 g/mol. The third-order valence-electron chi connectivity index (χ3n) is 2.62. The molecule has 0 spiro atoms. The largest absolute Gasteiger partial charge is 0.335 e. The van der Waals surface area contributed by atoms with E-state index < -0.39 is 0 Å². The van der Waals surface area contributed by atoms with Gasteiger partial charge in [-0.05, 0) is 26.7 Å². The maximum Gasteiger partial charge on any atom is 0.317 e. The Labute approximate surface area is 79.5 Å². The van der Waals surface area contributed by atoms with Gasteiger partial charge in [-0.2, -0.15) is 0 Å². The van der Waals surface area contributed by atoms with E-state index in [1.807, 2.05) is 13.8 Å². The molecule has 0 aromatic heterocycles. The molecule has 0 heterocycles. The zero-order valence-electron chi connectivity index (χ0n) is 8.63. The fraction of sp³-hybridized carbons (Fsp3) is 0.889. The molecule has 0 unspecified atom stereocenters. The number of nitrogens with zero attached hydrogens (tertiary/aromatic N) is 1. The van der Waals surface area contributed by atoms with Crippen LogP contribution in [0.15, 0.2) is 0 Å². The predicted octanol–water partition coefficient (Wildman–Crippen LogP) is 0.527. The summed E-state index contributed by atoms with van der Waals surface area (Å²) in [5, 5.41) is 2.93. The quantitative estimate of drug-likeness (QED) is 0.673. The number of likely N-dealkylation sites (N-methyl/N-ethyl adjacent to an activating group) is 1.